The highest BCUT2D eigenvalue weighted by Crippen LogP contribution is 2.14. The molecule has 0 fully saturated rings. The molecule has 2 aromatic heterocycles. The van der Waals surface area contributed by atoms with E-state index in [1.807, 2.05) is 13.8 Å². The Morgan fingerprint density at radius 2 is 1.63 bits per heavy atom. The van der Waals surface area contributed by atoms with E-state index in [1.54, 1.807) is 48.7 Å². The monoisotopic (exact) mass is 367 g/mol. The van der Waals surface area contributed by atoms with E-state index in [1.165, 1.54) is 4.40 Å². The van der Waals surface area contributed by atoms with Crippen LogP contribution >= 0.6 is 0 Å². The summed E-state index contributed by atoms with van der Waals surface area (Å²) in [6.07, 6.45) is 2.05. The highest BCUT2D eigenvalue weighted by molar-refractivity contribution is 5.92. The highest BCUT2D eigenvalue weighted by Gasteiger charge is 2.11. The molecule has 27 heavy (non-hydrogen) atoms. The number of amides is 2. The molecule has 2 N–H and O–H groups in total. The lowest BCUT2D eigenvalue weighted by atomic mass is 10.1. The number of benzene rings is 1. The average molecular weight is 367 g/mol. The number of carbonyl (C=O) groups is 2. The minimum atomic E-state index is -0.371. The zero-order chi connectivity index (χ0) is 19.4. The normalized spacial score (nSPS) is 10.9. The second kappa shape index (κ2) is 7.86. The van der Waals surface area contributed by atoms with Crippen LogP contribution in [-0.2, 0) is 16.1 Å². The molecule has 0 aliphatic rings. The van der Waals surface area contributed by atoms with Gasteiger partial charge >= 0.3 is 5.69 Å². The van der Waals surface area contributed by atoms with Gasteiger partial charge in [0.15, 0.2) is 5.65 Å². The lowest BCUT2D eigenvalue weighted by molar-refractivity contribution is -0.117. The third-order valence-corrected chi connectivity index (χ3v) is 3.83. The van der Waals surface area contributed by atoms with E-state index in [0.717, 1.165) is 4.68 Å². The Balaban J connectivity index is 1.61. The van der Waals surface area contributed by atoms with Gasteiger partial charge in [-0.15, -0.1) is 5.10 Å². The topological polar surface area (TPSA) is 97.5 Å². The number of nitrogens with one attached hydrogen (secondary N) is 2. The van der Waals surface area contributed by atoms with Gasteiger partial charge in [0.25, 0.3) is 0 Å². The van der Waals surface area contributed by atoms with Gasteiger partial charge in [0.2, 0.25) is 11.8 Å². The maximum atomic E-state index is 12.2. The lowest BCUT2D eigenvalue weighted by Crippen LogP contribution is -2.28. The zero-order valence-electron chi connectivity index (χ0n) is 15.2. The summed E-state index contributed by atoms with van der Waals surface area (Å²) in [4.78, 5) is 36.2. The summed E-state index contributed by atoms with van der Waals surface area (Å²) in [6.45, 7) is 3.77. The third-order valence-electron chi connectivity index (χ3n) is 3.83. The summed E-state index contributed by atoms with van der Waals surface area (Å²) in [7, 11) is 0. The molecular formula is C19H21N5O3. The molecule has 0 bridgehead atoms. The van der Waals surface area contributed by atoms with Gasteiger partial charge < -0.3 is 10.6 Å². The van der Waals surface area contributed by atoms with E-state index in [4.69, 9.17) is 0 Å². The fourth-order valence-corrected chi connectivity index (χ4v) is 2.63. The largest absolute Gasteiger partial charge is 0.350 e. The van der Waals surface area contributed by atoms with Crippen molar-refractivity contribution in [1.82, 2.24) is 14.2 Å². The molecule has 0 saturated heterocycles. The fourth-order valence-electron chi connectivity index (χ4n) is 2.63. The van der Waals surface area contributed by atoms with Crippen molar-refractivity contribution < 1.29 is 9.59 Å². The summed E-state index contributed by atoms with van der Waals surface area (Å²) in [6, 6.07) is 12.0. The van der Waals surface area contributed by atoms with Crippen LogP contribution in [0.4, 0.5) is 11.4 Å². The molecule has 3 aromatic rings. The maximum absolute atomic E-state index is 12.2. The minimum Gasteiger partial charge on any atom is -0.326 e. The van der Waals surface area contributed by atoms with Gasteiger partial charge in [-0.25, -0.2) is 9.48 Å². The fraction of sp³-hybridized carbons (Fsp3) is 0.263. The Morgan fingerprint density at radius 1 is 1.00 bits per heavy atom. The van der Waals surface area contributed by atoms with Gasteiger partial charge in [0.1, 0.15) is 6.54 Å². The number of pyridine rings is 1. The minimum absolute atomic E-state index is 0.0481. The molecule has 0 radical (unpaired) electrons. The van der Waals surface area contributed by atoms with E-state index >= 15 is 0 Å². The number of carbonyl (C=O) groups excluding carboxylic acids is 2. The highest BCUT2D eigenvalue weighted by atomic mass is 16.2. The van der Waals surface area contributed by atoms with Crippen molar-refractivity contribution in [3.05, 3.63) is 59.1 Å². The predicted octanol–water partition coefficient (Wildman–Crippen LogP) is 2.12. The number of fused-ring (bicyclic) bond motifs is 1. The van der Waals surface area contributed by atoms with Crippen LogP contribution in [0.3, 0.4) is 0 Å². The molecule has 1 aromatic carbocycles. The van der Waals surface area contributed by atoms with Crippen molar-refractivity contribution in [2.75, 3.05) is 10.6 Å². The number of rotatable bonds is 6. The number of hydrogen-bond donors (Lipinski definition) is 2. The summed E-state index contributed by atoms with van der Waals surface area (Å²) >= 11 is 0. The molecule has 140 valence electrons. The maximum Gasteiger partial charge on any atom is 0.350 e. The van der Waals surface area contributed by atoms with Gasteiger partial charge in [-0.3, -0.25) is 14.0 Å². The third kappa shape index (κ3) is 4.60. The van der Waals surface area contributed by atoms with E-state index in [9.17, 15) is 14.4 Å². The first-order valence-corrected chi connectivity index (χ1v) is 8.66. The first-order valence-electron chi connectivity index (χ1n) is 8.66. The second-order valence-electron chi connectivity index (χ2n) is 6.64. The molecule has 8 heteroatoms. The van der Waals surface area contributed by atoms with Crippen molar-refractivity contribution in [3.8, 4) is 0 Å². The first kappa shape index (κ1) is 18.4. The number of nitrogens with zero attached hydrogens (tertiary/aromatic N) is 3. The van der Waals surface area contributed by atoms with E-state index in [0.29, 0.717) is 23.4 Å². The molecule has 0 spiro atoms. The van der Waals surface area contributed by atoms with Crippen LogP contribution in [0.2, 0.25) is 0 Å². The van der Waals surface area contributed by atoms with E-state index < -0.39 is 0 Å². The smallest absolute Gasteiger partial charge is 0.326 e. The van der Waals surface area contributed by atoms with Crippen LogP contribution in [-0.4, -0.2) is 26.0 Å². The molecule has 0 aliphatic carbocycles. The quantitative estimate of drug-likeness (QED) is 0.697. The second-order valence-corrected chi connectivity index (χ2v) is 6.64. The van der Waals surface area contributed by atoms with Crippen LogP contribution in [0.5, 0.6) is 0 Å². The van der Waals surface area contributed by atoms with Crippen molar-refractivity contribution in [1.29, 1.82) is 0 Å². The Bertz CT molecular complexity index is 1020. The summed E-state index contributed by atoms with van der Waals surface area (Å²) < 4.78 is 2.49. The van der Waals surface area contributed by atoms with Gasteiger partial charge in [-0.05, 0) is 42.3 Å². The van der Waals surface area contributed by atoms with E-state index in [-0.39, 0.29) is 30.0 Å². The van der Waals surface area contributed by atoms with Crippen LogP contribution in [0.15, 0.2) is 53.5 Å². The number of anilines is 2. The van der Waals surface area contributed by atoms with Gasteiger partial charge in [-0.1, -0.05) is 19.9 Å². The Labute approximate surface area is 155 Å². The Morgan fingerprint density at radius 3 is 2.22 bits per heavy atom. The molecule has 0 atom stereocenters. The van der Waals surface area contributed by atoms with Crippen molar-refractivity contribution >= 4 is 28.8 Å². The van der Waals surface area contributed by atoms with Gasteiger partial charge in [0, 0.05) is 24.0 Å². The molecule has 8 nitrogen and oxygen atoms in total. The lowest BCUT2D eigenvalue weighted by Gasteiger charge is -2.09. The first-order chi connectivity index (χ1) is 12.9. The SMILES string of the molecule is CC(C)CC(=O)Nc1ccc(NC(=O)Cn2nc3ccccn3c2=O)cc1. The van der Waals surface area contributed by atoms with Crippen LogP contribution in [0.25, 0.3) is 5.65 Å². The molecule has 0 saturated carbocycles. The summed E-state index contributed by atoms with van der Waals surface area (Å²) in [5.74, 6) is -0.128. The Kier molecular flexibility index (Phi) is 5.35. The zero-order valence-corrected chi connectivity index (χ0v) is 15.2. The van der Waals surface area contributed by atoms with Crippen molar-refractivity contribution in [3.63, 3.8) is 0 Å². The van der Waals surface area contributed by atoms with Crippen LogP contribution in [0.1, 0.15) is 20.3 Å². The van der Waals surface area contributed by atoms with Crippen LogP contribution in [0, 0.1) is 5.92 Å². The summed E-state index contributed by atoms with van der Waals surface area (Å²) in [5, 5.41) is 9.64. The van der Waals surface area contributed by atoms with Gasteiger partial charge in [0.05, 0.1) is 0 Å². The van der Waals surface area contributed by atoms with E-state index in [2.05, 4.69) is 15.7 Å². The average Bonchev–Trinajstić information content (AvgIpc) is 2.92. The van der Waals surface area contributed by atoms with Crippen molar-refractivity contribution in [2.24, 2.45) is 5.92 Å². The molecule has 0 aliphatic heterocycles. The standard InChI is InChI=1S/C19H21N5O3/c1-13(2)11-17(25)20-14-6-8-15(9-7-14)21-18(26)12-24-19(27)23-10-4-3-5-16(23)22-24/h3-10,13H,11-12H2,1-2H3,(H,20,25)(H,21,26). The molecule has 3 rings (SSSR count). The molecular weight excluding hydrogens is 346 g/mol. The number of aromatic nitrogens is 3. The van der Waals surface area contributed by atoms with Crippen molar-refractivity contribution in [2.45, 2.75) is 26.8 Å². The number of hydrogen-bond acceptors (Lipinski definition) is 4. The molecule has 0 unspecified atom stereocenters. The van der Waals surface area contributed by atoms with Gasteiger partial charge in [-0.2, -0.15) is 0 Å². The predicted molar refractivity (Wildman–Crippen MR) is 103 cm³/mol. The molecule has 2 amide bonds. The summed E-state index contributed by atoms with van der Waals surface area (Å²) in [5.41, 5.74) is 1.34. The molecule has 2 heterocycles. The van der Waals surface area contributed by atoms with Crippen LogP contribution < -0.4 is 16.3 Å². The Hall–Kier alpha value is -3.42.